The lowest BCUT2D eigenvalue weighted by atomic mass is 10.0. The minimum atomic E-state index is -0.383. The minimum Gasteiger partial charge on any atom is -0.321 e. The van der Waals surface area contributed by atoms with Crippen molar-refractivity contribution in [3.63, 3.8) is 0 Å². The number of nitrogens with zero attached hydrogens (tertiary/aromatic N) is 4. The van der Waals surface area contributed by atoms with E-state index in [9.17, 15) is 9.59 Å². The first-order chi connectivity index (χ1) is 12.5. The zero-order chi connectivity index (χ0) is 18.4. The molecule has 0 fully saturated rings. The van der Waals surface area contributed by atoms with Crippen molar-refractivity contribution in [3.8, 4) is 22.5 Å². The molecule has 26 heavy (non-hydrogen) atoms. The van der Waals surface area contributed by atoms with Gasteiger partial charge in [-0.15, -0.1) is 0 Å². The number of imidazole rings is 1. The van der Waals surface area contributed by atoms with Crippen LogP contribution in [0.4, 0.5) is 0 Å². The van der Waals surface area contributed by atoms with E-state index in [-0.39, 0.29) is 11.2 Å². The summed E-state index contributed by atoms with van der Waals surface area (Å²) in [7, 11) is 4.90. The fraction of sp³-hybridized carbons (Fsp3) is 0.150. The summed E-state index contributed by atoms with van der Waals surface area (Å²) in [6.07, 6.45) is 0. The molecule has 0 aliphatic heterocycles. The fourth-order valence-electron chi connectivity index (χ4n) is 3.22. The van der Waals surface area contributed by atoms with Crippen LogP contribution in [0.25, 0.3) is 33.7 Å². The van der Waals surface area contributed by atoms with Gasteiger partial charge in [-0.1, -0.05) is 54.6 Å². The van der Waals surface area contributed by atoms with E-state index in [1.807, 2.05) is 42.5 Å². The van der Waals surface area contributed by atoms with E-state index < -0.39 is 0 Å². The molecule has 0 amide bonds. The average Bonchev–Trinajstić information content (AvgIpc) is 3.03. The van der Waals surface area contributed by atoms with Gasteiger partial charge in [-0.2, -0.15) is 0 Å². The van der Waals surface area contributed by atoms with E-state index in [2.05, 4.69) is 17.1 Å². The average molecular weight is 346 g/mol. The number of aryl methyl sites for hydroxylation is 2. The molecule has 0 bridgehead atoms. The van der Waals surface area contributed by atoms with Crippen LogP contribution >= 0.6 is 0 Å². The number of hydrogen-bond donors (Lipinski definition) is 0. The number of hydrogen-bond acceptors (Lipinski definition) is 3. The summed E-state index contributed by atoms with van der Waals surface area (Å²) in [6.45, 7) is 0. The van der Waals surface area contributed by atoms with Gasteiger partial charge in [0.15, 0.2) is 11.2 Å². The molecule has 0 N–H and O–H groups in total. The Balaban J connectivity index is 1.89. The highest BCUT2D eigenvalue weighted by Gasteiger charge is 2.17. The van der Waals surface area contributed by atoms with Gasteiger partial charge in [0.05, 0.1) is 0 Å². The minimum absolute atomic E-state index is 0.342. The van der Waals surface area contributed by atoms with Crippen molar-refractivity contribution >= 4 is 11.2 Å². The van der Waals surface area contributed by atoms with Crippen LogP contribution in [-0.4, -0.2) is 18.7 Å². The van der Waals surface area contributed by atoms with Crippen LogP contribution in [0.2, 0.25) is 0 Å². The molecule has 0 aliphatic rings. The summed E-state index contributed by atoms with van der Waals surface area (Å²) in [4.78, 5) is 29.2. The number of rotatable bonds is 2. The Morgan fingerprint density at radius 2 is 1.27 bits per heavy atom. The molecule has 4 rings (SSSR count). The molecule has 6 heteroatoms. The maximum Gasteiger partial charge on any atom is 0.332 e. The number of aromatic nitrogens is 4. The Hall–Kier alpha value is -3.41. The highest BCUT2D eigenvalue weighted by Crippen LogP contribution is 2.25. The van der Waals surface area contributed by atoms with Crippen LogP contribution in [0.15, 0.2) is 64.2 Å². The van der Waals surface area contributed by atoms with E-state index in [1.54, 1.807) is 18.7 Å². The van der Waals surface area contributed by atoms with E-state index in [1.165, 1.54) is 11.6 Å². The summed E-state index contributed by atoms with van der Waals surface area (Å²) < 4.78 is 4.25. The highest BCUT2D eigenvalue weighted by molar-refractivity contribution is 5.77. The van der Waals surface area contributed by atoms with Crippen LogP contribution in [0.1, 0.15) is 0 Å². The fourth-order valence-corrected chi connectivity index (χ4v) is 3.22. The largest absolute Gasteiger partial charge is 0.332 e. The molecule has 2 aromatic carbocycles. The Morgan fingerprint density at radius 1 is 0.692 bits per heavy atom. The van der Waals surface area contributed by atoms with Crippen LogP contribution in [0, 0.1) is 0 Å². The Kier molecular flexibility index (Phi) is 3.61. The maximum absolute atomic E-state index is 12.5. The molecule has 0 aliphatic carbocycles. The van der Waals surface area contributed by atoms with Crippen molar-refractivity contribution < 1.29 is 0 Å². The molecule has 2 heterocycles. The third-order valence-electron chi connectivity index (χ3n) is 4.73. The van der Waals surface area contributed by atoms with Crippen molar-refractivity contribution in [2.75, 3.05) is 0 Å². The van der Waals surface area contributed by atoms with Crippen molar-refractivity contribution in [2.24, 2.45) is 21.1 Å². The lowest BCUT2D eigenvalue weighted by molar-refractivity contribution is 0.705. The molecule has 2 aromatic heterocycles. The van der Waals surface area contributed by atoms with Gasteiger partial charge in [-0.25, -0.2) is 9.78 Å². The monoisotopic (exact) mass is 346 g/mol. The van der Waals surface area contributed by atoms with Crippen molar-refractivity contribution in [1.82, 2.24) is 18.7 Å². The molecular weight excluding hydrogens is 328 g/mol. The van der Waals surface area contributed by atoms with Gasteiger partial charge in [0, 0.05) is 26.7 Å². The number of fused-ring (bicyclic) bond motifs is 1. The van der Waals surface area contributed by atoms with E-state index in [0.29, 0.717) is 17.0 Å². The summed E-state index contributed by atoms with van der Waals surface area (Å²) in [6, 6.07) is 18.1. The first-order valence-electron chi connectivity index (χ1n) is 8.27. The molecule has 0 atom stereocenters. The quantitative estimate of drug-likeness (QED) is 0.559. The zero-order valence-corrected chi connectivity index (χ0v) is 14.8. The normalized spacial score (nSPS) is 11.2. The van der Waals surface area contributed by atoms with Gasteiger partial charge in [0.1, 0.15) is 5.82 Å². The molecule has 130 valence electrons. The Labute approximate surface area is 149 Å². The second-order valence-electron chi connectivity index (χ2n) is 6.32. The second kappa shape index (κ2) is 5.84. The summed E-state index contributed by atoms with van der Waals surface area (Å²) >= 11 is 0. The second-order valence-corrected chi connectivity index (χ2v) is 6.32. The van der Waals surface area contributed by atoms with Crippen molar-refractivity contribution in [1.29, 1.82) is 0 Å². The maximum atomic E-state index is 12.5. The zero-order valence-electron chi connectivity index (χ0n) is 14.8. The smallest absolute Gasteiger partial charge is 0.321 e. The van der Waals surface area contributed by atoms with Gasteiger partial charge < -0.3 is 4.57 Å². The lowest BCUT2D eigenvalue weighted by Gasteiger charge is -2.05. The third kappa shape index (κ3) is 2.30. The topological polar surface area (TPSA) is 61.8 Å². The van der Waals surface area contributed by atoms with Crippen molar-refractivity contribution in [3.05, 3.63) is 75.4 Å². The molecule has 0 unspecified atom stereocenters. The predicted molar refractivity (Wildman–Crippen MR) is 102 cm³/mol. The Bertz CT molecular complexity index is 1230. The van der Waals surface area contributed by atoms with Gasteiger partial charge in [0.2, 0.25) is 0 Å². The predicted octanol–water partition coefficient (Wildman–Crippen LogP) is 2.30. The SMILES string of the molecule is Cn1c(=O)c2c(nc(-c3ccc(-c4ccccc4)cc3)n2C)n(C)c1=O. The van der Waals surface area contributed by atoms with Gasteiger partial charge >= 0.3 is 5.69 Å². The molecule has 6 nitrogen and oxygen atoms in total. The first-order valence-corrected chi connectivity index (χ1v) is 8.27. The van der Waals surface area contributed by atoms with Gasteiger partial charge in [0.25, 0.3) is 5.56 Å². The van der Waals surface area contributed by atoms with Crippen LogP contribution in [0.5, 0.6) is 0 Å². The Morgan fingerprint density at radius 3 is 1.92 bits per heavy atom. The van der Waals surface area contributed by atoms with E-state index in [4.69, 9.17) is 0 Å². The summed E-state index contributed by atoms with van der Waals surface area (Å²) in [5.74, 6) is 0.651. The van der Waals surface area contributed by atoms with Crippen LogP contribution in [0.3, 0.4) is 0 Å². The lowest BCUT2D eigenvalue weighted by Crippen LogP contribution is -2.37. The van der Waals surface area contributed by atoms with Crippen molar-refractivity contribution in [2.45, 2.75) is 0 Å². The molecular formula is C20H18N4O2. The van der Waals surface area contributed by atoms with Gasteiger partial charge in [-0.05, 0) is 11.1 Å². The molecule has 0 saturated heterocycles. The first kappa shape index (κ1) is 16.1. The molecule has 4 aromatic rings. The standard InChI is InChI=1S/C20H18N4O2/c1-22-16-18(23(2)20(26)24(3)19(16)25)21-17(22)15-11-9-14(10-12-15)13-7-5-4-6-8-13/h4-12H,1-3H3. The highest BCUT2D eigenvalue weighted by atomic mass is 16.2. The third-order valence-corrected chi connectivity index (χ3v) is 4.73. The van der Waals surface area contributed by atoms with E-state index in [0.717, 1.165) is 21.3 Å². The molecule has 0 spiro atoms. The van der Waals surface area contributed by atoms with Crippen LogP contribution in [-0.2, 0) is 21.1 Å². The van der Waals surface area contributed by atoms with E-state index >= 15 is 0 Å². The number of benzene rings is 2. The van der Waals surface area contributed by atoms with Gasteiger partial charge in [-0.3, -0.25) is 13.9 Å². The molecule has 0 saturated carbocycles. The van der Waals surface area contributed by atoms with Crippen LogP contribution < -0.4 is 11.2 Å². The summed E-state index contributed by atoms with van der Waals surface area (Å²) in [5, 5.41) is 0. The molecule has 0 radical (unpaired) electrons. The summed E-state index contributed by atoms with van der Waals surface area (Å²) in [5.41, 5.74) is 3.21.